The summed E-state index contributed by atoms with van der Waals surface area (Å²) in [5.74, 6) is 1.05. The van der Waals surface area contributed by atoms with Gasteiger partial charge in [0.25, 0.3) is 5.01 Å². The van der Waals surface area contributed by atoms with E-state index in [-0.39, 0.29) is 0 Å². The topological polar surface area (TPSA) is 49.8 Å². The summed E-state index contributed by atoms with van der Waals surface area (Å²) in [6, 6.07) is 8.43. The molecule has 0 atom stereocenters. The highest BCUT2D eigenvalue weighted by Crippen LogP contribution is 2.32. The van der Waals surface area contributed by atoms with Crippen LogP contribution in [0.15, 0.2) is 35.6 Å². The number of thiazole rings is 1. The Bertz CT molecular complexity index is 1060. The second-order valence-electron chi connectivity index (χ2n) is 7.38. The van der Waals surface area contributed by atoms with Crippen LogP contribution in [-0.2, 0) is 18.8 Å². The predicted molar refractivity (Wildman–Crippen MR) is 119 cm³/mol. The first-order valence-electron chi connectivity index (χ1n) is 9.69. The summed E-state index contributed by atoms with van der Waals surface area (Å²) in [5, 5.41) is 1.15. The van der Waals surface area contributed by atoms with E-state index in [1.807, 2.05) is 38.4 Å². The molecule has 0 N–H and O–H groups in total. The molecule has 0 amide bonds. The zero-order valence-electron chi connectivity index (χ0n) is 17.4. The first kappa shape index (κ1) is 19.8. The number of imidazole rings is 1. The van der Waals surface area contributed by atoms with Gasteiger partial charge >= 0.3 is 0 Å². The highest BCUT2D eigenvalue weighted by molar-refractivity contribution is 7.18. The number of para-hydroxylation sites is 1. The maximum Gasteiger partial charge on any atom is 0.264 e. The molecule has 152 valence electrons. The number of aryl methyl sites for hydroxylation is 2. The summed E-state index contributed by atoms with van der Waals surface area (Å²) < 4.78 is 11.3. The molecule has 1 aliphatic rings. The van der Waals surface area contributed by atoms with Crippen LogP contribution in [0.3, 0.4) is 0 Å². The number of benzene rings is 1. The van der Waals surface area contributed by atoms with Gasteiger partial charge in [0.05, 0.1) is 25.9 Å². The number of fused-ring (bicyclic) bond motifs is 2. The third-order valence-corrected chi connectivity index (χ3v) is 6.11. The van der Waals surface area contributed by atoms with E-state index in [0.29, 0.717) is 6.61 Å². The van der Waals surface area contributed by atoms with Crippen LogP contribution >= 0.6 is 11.3 Å². The van der Waals surface area contributed by atoms with Crippen LogP contribution in [0.1, 0.15) is 10.7 Å². The normalized spacial score (nSPS) is 15.1. The van der Waals surface area contributed by atoms with Crippen LogP contribution in [0, 0.1) is 0 Å². The second-order valence-corrected chi connectivity index (χ2v) is 8.44. The van der Waals surface area contributed by atoms with Crippen LogP contribution in [0.2, 0.25) is 0 Å². The highest BCUT2D eigenvalue weighted by Gasteiger charge is 2.24. The molecule has 0 saturated heterocycles. The maximum absolute atomic E-state index is 5.76. The van der Waals surface area contributed by atoms with Gasteiger partial charge in [0.2, 0.25) is 5.52 Å². The lowest BCUT2D eigenvalue weighted by Gasteiger charge is -2.24. The molecule has 4 rings (SSSR count). The first-order valence-corrected chi connectivity index (χ1v) is 10.5. The minimum absolute atomic E-state index is 0.648. The maximum atomic E-state index is 5.76. The molecule has 7 nitrogen and oxygen atoms in total. The lowest BCUT2D eigenvalue weighted by molar-refractivity contribution is -0.642. The minimum atomic E-state index is 0.648. The predicted octanol–water partition coefficient (Wildman–Crippen LogP) is 2.38. The molecule has 0 fully saturated rings. The van der Waals surface area contributed by atoms with E-state index >= 15 is 0 Å². The number of hydrogen-bond acceptors (Lipinski definition) is 6. The Labute approximate surface area is 175 Å². The number of likely N-dealkylation sites (N-methyl/N-ethyl adjacent to an activating group) is 1. The van der Waals surface area contributed by atoms with E-state index in [1.165, 1.54) is 10.2 Å². The summed E-state index contributed by atoms with van der Waals surface area (Å²) in [7, 11) is 8.20. The third kappa shape index (κ3) is 4.10. The van der Waals surface area contributed by atoms with Crippen molar-refractivity contribution in [2.75, 3.05) is 45.3 Å². The Kier molecular flexibility index (Phi) is 5.75. The Morgan fingerprint density at radius 3 is 2.86 bits per heavy atom. The SMILES string of the molecule is CN(C)CCOCCN1C=N/C(=C\c2sc3ccccc3[n+]2C)c2ncn(C)c21. The zero-order chi connectivity index (χ0) is 20.4. The number of aliphatic imine (C=N–C) groups is 1. The number of aromatic nitrogens is 3. The number of rotatable bonds is 7. The Morgan fingerprint density at radius 2 is 2.07 bits per heavy atom. The van der Waals surface area contributed by atoms with Crippen molar-refractivity contribution in [3.05, 3.63) is 41.3 Å². The third-order valence-electron chi connectivity index (χ3n) is 4.95. The van der Waals surface area contributed by atoms with Gasteiger partial charge in [0, 0.05) is 32.3 Å². The van der Waals surface area contributed by atoms with E-state index in [4.69, 9.17) is 9.73 Å². The van der Waals surface area contributed by atoms with Gasteiger partial charge in [0.1, 0.15) is 29.0 Å². The second kappa shape index (κ2) is 8.44. The molecule has 0 spiro atoms. The van der Waals surface area contributed by atoms with E-state index in [1.54, 1.807) is 11.3 Å². The fraction of sp³-hybridized carbons (Fsp3) is 0.381. The van der Waals surface area contributed by atoms with Crippen molar-refractivity contribution in [2.24, 2.45) is 19.1 Å². The van der Waals surface area contributed by atoms with E-state index in [0.717, 1.165) is 41.9 Å². The molecule has 0 aliphatic carbocycles. The molecule has 29 heavy (non-hydrogen) atoms. The standard InChI is InChI=1S/C21H27N6OS/c1-24(2)9-11-28-12-10-27-15-22-16(20-21(27)25(3)14-23-20)13-19-26(4)17-7-5-6-8-18(17)29-19/h5-8,13-15H,9-12H2,1-4H3/q+1. The van der Waals surface area contributed by atoms with Crippen molar-refractivity contribution in [3.8, 4) is 0 Å². The fourth-order valence-corrected chi connectivity index (χ4v) is 4.42. The largest absolute Gasteiger partial charge is 0.378 e. The molecule has 8 heteroatoms. The molecule has 0 saturated carbocycles. The van der Waals surface area contributed by atoms with Crippen LogP contribution in [0.4, 0.5) is 5.82 Å². The number of nitrogens with zero attached hydrogens (tertiary/aromatic N) is 6. The van der Waals surface area contributed by atoms with Gasteiger partial charge < -0.3 is 19.1 Å². The summed E-state index contributed by atoms with van der Waals surface area (Å²) in [6.45, 7) is 3.04. The van der Waals surface area contributed by atoms with E-state index in [9.17, 15) is 0 Å². The lowest BCUT2D eigenvalue weighted by Crippen LogP contribution is -2.31. The van der Waals surface area contributed by atoms with Crippen molar-refractivity contribution in [3.63, 3.8) is 0 Å². The first-order chi connectivity index (χ1) is 14.0. The quantitative estimate of drug-likeness (QED) is 0.443. The smallest absolute Gasteiger partial charge is 0.264 e. The molecule has 3 aromatic rings. The molecule has 2 aromatic heterocycles. The summed E-state index contributed by atoms with van der Waals surface area (Å²) in [4.78, 5) is 13.6. The Hall–Kier alpha value is -2.55. The van der Waals surface area contributed by atoms with Gasteiger partial charge in [0.15, 0.2) is 0 Å². The summed E-state index contributed by atoms with van der Waals surface area (Å²) in [6.07, 6.45) is 5.86. The highest BCUT2D eigenvalue weighted by atomic mass is 32.1. The van der Waals surface area contributed by atoms with E-state index in [2.05, 4.69) is 56.7 Å². The molecule has 1 aliphatic heterocycles. The Balaban J connectivity index is 1.56. The molecule has 0 bridgehead atoms. The van der Waals surface area contributed by atoms with Crippen molar-refractivity contribution in [1.29, 1.82) is 0 Å². The van der Waals surface area contributed by atoms with Crippen molar-refractivity contribution >= 4 is 45.5 Å². The summed E-state index contributed by atoms with van der Waals surface area (Å²) in [5.41, 5.74) is 3.01. The Morgan fingerprint density at radius 1 is 1.24 bits per heavy atom. The molecule has 3 heterocycles. The monoisotopic (exact) mass is 411 g/mol. The van der Waals surface area contributed by atoms with Gasteiger partial charge in [-0.3, -0.25) is 0 Å². The van der Waals surface area contributed by atoms with Gasteiger partial charge in [-0.25, -0.2) is 9.98 Å². The fourth-order valence-electron chi connectivity index (χ4n) is 3.34. The van der Waals surface area contributed by atoms with Crippen molar-refractivity contribution in [1.82, 2.24) is 14.5 Å². The van der Waals surface area contributed by atoms with Crippen LogP contribution in [-0.4, -0.2) is 61.2 Å². The van der Waals surface area contributed by atoms with Crippen LogP contribution in [0.25, 0.3) is 22.0 Å². The lowest BCUT2D eigenvalue weighted by atomic mass is 10.2. The van der Waals surface area contributed by atoms with Gasteiger partial charge in [-0.15, -0.1) is 0 Å². The van der Waals surface area contributed by atoms with Crippen molar-refractivity contribution in [2.45, 2.75) is 0 Å². The van der Waals surface area contributed by atoms with Gasteiger partial charge in [-0.2, -0.15) is 4.57 Å². The average molecular weight is 412 g/mol. The number of anilines is 1. The molecule has 0 radical (unpaired) electrons. The van der Waals surface area contributed by atoms with Crippen LogP contribution < -0.4 is 9.47 Å². The number of hydrogen-bond donors (Lipinski definition) is 0. The zero-order valence-corrected chi connectivity index (χ0v) is 18.2. The van der Waals surface area contributed by atoms with Crippen molar-refractivity contribution < 1.29 is 9.30 Å². The van der Waals surface area contributed by atoms with Gasteiger partial charge in [-0.1, -0.05) is 23.5 Å². The average Bonchev–Trinajstić information content (AvgIpc) is 3.24. The molecule has 1 aromatic carbocycles. The number of ether oxygens (including phenoxy) is 1. The molecule has 0 unspecified atom stereocenters. The molecular formula is C21H27N6OS+. The van der Waals surface area contributed by atoms with Crippen LogP contribution in [0.5, 0.6) is 0 Å². The minimum Gasteiger partial charge on any atom is -0.378 e. The van der Waals surface area contributed by atoms with E-state index < -0.39 is 0 Å². The van der Waals surface area contributed by atoms with Gasteiger partial charge in [-0.05, 0) is 20.2 Å². The summed E-state index contributed by atoms with van der Waals surface area (Å²) >= 11 is 1.76. The molecular weight excluding hydrogens is 384 g/mol.